The van der Waals surface area contributed by atoms with Gasteiger partial charge in [0.25, 0.3) is 10.0 Å². The summed E-state index contributed by atoms with van der Waals surface area (Å²) in [7, 11) is -1.08. The van der Waals surface area contributed by atoms with Crippen molar-refractivity contribution in [2.24, 2.45) is 0 Å². The van der Waals surface area contributed by atoms with Gasteiger partial charge in [-0.3, -0.25) is 14.7 Å². The van der Waals surface area contributed by atoms with E-state index in [0.29, 0.717) is 23.9 Å². The van der Waals surface area contributed by atoms with Crippen molar-refractivity contribution in [3.63, 3.8) is 0 Å². The van der Waals surface area contributed by atoms with Crippen molar-refractivity contribution in [2.45, 2.75) is 17.8 Å². The minimum Gasteiger partial charge on any atom is -0.494 e. The third kappa shape index (κ3) is 5.22. The van der Waals surface area contributed by atoms with Gasteiger partial charge in [0.1, 0.15) is 16.4 Å². The second kappa shape index (κ2) is 10.1. The van der Waals surface area contributed by atoms with E-state index in [9.17, 15) is 26.4 Å². The Morgan fingerprint density at radius 3 is 2.57 bits per heavy atom. The van der Waals surface area contributed by atoms with Crippen molar-refractivity contribution >= 4 is 38.7 Å². The lowest BCUT2D eigenvalue weighted by Crippen LogP contribution is -2.18. The molecule has 1 amide bonds. The first-order valence-electron chi connectivity index (χ1n) is 10.7. The number of amides is 1. The van der Waals surface area contributed by atoms with Crippen LogP contribution in [0, 0.1) is 0 Å². The highest BCUT2D eigenvalue weighted by atomic mass is 32.2. The fourth-order valence-corrected chi connectivity index (χ4v) is 5.21. The number of pyridine rings is 1. The topological polar surface area (TPSA) is 103 Å². The number of ether oxygens (including phenoxy) is 2. The summed E-state index contributed by atoms with van der Waals surface area (Å²) in [5, 5.41) is 3.62. The Labute approximate surface area is 210 Å². The number of benzene rings is 2. The minimum atomic E-state index is -4.90. The summed E-state index contributed by atoms with van der Waals surface area (Å²) in [5.41, 5.74) is 1.35. The van der Waals surface area contributed by atoms with E-state index in [0.717, 1.165) is 21.0 Å². The maximum atomic E-state index is 13.4. The van der Waals surface area contributed by atoms with Crippen LogP contribution in [0.1, 0.15) is 5.56 Å². The Balaban J connectivity index is 1.86. The lowest BCUT2D eigenvalue weighted by Gasteiger charge is -2.21. The van der Waals surface area contributed by atoms with Crippen molar-refractivity contribution in [3.8, 4) is 11.5 Å². The summed E-state index contributed by atoms with van der Waals surface area (Å²) in [5.74, 6) is -0.592. The van der Waals surface area contributed by atoms with Crippen LogP contribution < -0.4 is 19.7 Å². The monoisotopic (exact) mass is 534 g/mol. The second-order valence-electron chi connectivity index (χ2n) is 7.73. The van der Waals surface area contributed by atoms with Crippen LogP contribution in [-0.2, 0) is 21.4 Å². The van der Waals surface area contributed by atoms with Gasteiger partial charge in [-0.15, -0.1) is 13.2 Å². The standard InChI is InChI=1S/C24H21F3N4O5S/c1-28-12-16-14-31(37(33,34)19-4-3-9-29-13-19)22-10-17(5-7-20(16)22)30(15-32)21-8-6-18(11-23(21)35-2)36-24(25,26)27/h3-11,13-15,28H,12H2,1-2H3. The van der Waals surface area contributed by atoms with Gasteiger partial charge in [0.05, 0.1) is 24.0 Å². The summed E-state index contributed by atoms with van der Waals surface area (Å²) in [6.07, 6.45) is -0.283. The molecule has 0 spiro atoms. The van der Waals surface area contributed by atoms with Crippen molar-refractivity contribution in [1.82, 2.24) is 14.3 Å². The predicted octanol–water partition coefficient (Wildman–Crippen LogP) is 4.19. The highest BCUT2D eigenvalue weighted by Gasteiger charge is 2.31. The van der Waals surface area contributed by atoms with E-state index in [-0.39, 0.29) is 27.5 Å². The summed E-state index contributed by atoms with van der Waals surface area (Å²) >= 11 is 0. The predicted molar refractivity (Wildman–Crippen MR) is 129 cm³/mol. The van der Waals surface area contributed by atoms with Gasteiger partial charge in [-0.05, 0) is 49.0 Å². The Morgan fingerprint density at radius 1 is 1.16 bits per heavy atom. The molecule has 0 unspecified atom stereocenters. The molecule has 2 heterocycles. The molecule has 4 aromatic rings. The van der Waals surface area contributed by atoms with E-state index in [2.05, 4.69) is 15.0 Å². The number of alkyl halides is 3. The van der Waals surface area contributed by atoms with Gasteiger partial charge in [-0.25, -0.2) is 12.4 Å². The number of aromatic nitrogens is 2. The van der Waals surface area contributed by atoms with Gasteiger partial charge in [-0.1, -0.05) is 6.07 Å². The smallest absolute Gasteiger partial charge is 0.494 e. The molecule has 0 atom stereocenters. The molecule has 4 rings (SSSR count). The van der Waals surface area contributed by atoms with Gasteiger partial charge in [0.15, 0.2) is 0 Å². The summed E-state index contributed by atoms with van der Waals surface area (Å²) in [6.45, 7) is 0.372. The second-order valence-corrected chi connectivity index (χ2v) is 9.55. The number of hydrogen-bond donors (Lipinski definition) is 1. The molecule has 0 bridgehead atoms. The summed E-state index contributed by atoms with van der Waals surface area (Å²) in [6, 6.07) is 11.0. The maximum absolute atomic E-state index is 13.4. The van der Waals surface area contributed by atoms with Gasteiger partial charge in [0.2, 0.25) is 6.41 Å². The number of rotatable bonds is 9. The van der Waals surface area contributed by atoms with Crippen LogP contribution in [0.2, 0.25) is 0 Å². The Morgan fingerprint density at radius 2 is 1.95 bits per heavy atom. The zero-order valence-electron chi connectivity index (χ0n) is 19.6. The van der Waals surface area contributed by atoms with Crippen molar-refractivity contribution in [2.75, 3.05) is 19.1 Å². The molecule has 0 radical (unpaired) electrons. The van der Waals surface area contributed by atoms with Crippen molar-refractivity contribution in [3.05, 3.63) is 72.7 Å². The zero-order chi connectivity index (χ0) is 26.8. The number of hydrogen-bond acceptors (Lipinski definition) is 7. The highest BCUT2D eigenvalue weighted by molar-refractivity contribution is 7.90. The highest BCUT2D eigenvalue weighted by Crippen LogP contribution is 2.38. The van der Waals surface area contributed by atoms with E-state index in [1.165, 1.54) is 50.0 Å². The molecule has 0 aliphatic carbocycles. The van der Waals surface area contributed by atoms with E-state index >= 15 is 0 Å². The normalized spacial score (nSPS) is 11.9. The molecule has 0 saturated carbocycles. The van der Waals surface area contributed by atoms with Crippen LogP contribution >= 0.6 is 0 Å². The molecular weight excluding hydrogens is 513 g/mol. The van der Waals surface area contributed by atoms with E-state index < -0.39 is 22.1 Å². The number of carbonyl (C=O) groups is 1. The van der Waals surface area contributed by atoms with Crippen LogP contribution in [0.5, 0.6) is 11.5 Å². The summed E-state index contributed by atoms with van der Waals surface area (Å²) < 4.78 is 75.0. The number of fused-ring (bicyclic) bond motifs is 1. The molecule has 0 aliphatic rings. The van der Waals surface area contributed by atoms with Gasteiger partial charge >= 0.3 is 6.36 Å². The Hall–Kier alpha value is -4.10. The molecule has 13 heteroatoms. The van der Waals surface area contributed by atoms with E-state index in [1.807, 2.05) is 0 Å². The first-order valence-corrected chi connectivity index (χ1v) is 12.2. The van der Waals surface area contributed by atoms with Crippen LogP contribution in [0.3, 0.4) is 0 Å². The molecular formula is C24H21F3N4O5S. The lowest BCUT2D eigenvalue weighted by molar-refractivity contribution is -0.274. The molecule has 2 aromatic carbocycles. The molecule has 37 heavy (non-hydrogen) atoms. The van der Waals surface area contributed by atoms with Crippen LogP contribution in [-0.4, -0.2) is 44.3 Å². The Kier molecular flexibility index (Phi) is 7.09. The van der Waals surface area contributed by atoms with Crippen molar-refractivity contribution < 1.29 is 35.9 Å². The Bertz CT molecular complexity index is 1540. The number of nitrogens with one attached hydrogen (secondary N) is 1. The van der Waals surface area contributed by atoms with E-state index in [4.69, 9.17) is 4.74 Å². The van der Waals surface area contributed by atoms with Gasteiger partial charge in [-0.2, -0.15) is 0 Å². The minimum absolute atomic E-state index is 0.0255. The largest absolute Gasteiger partial charge is 0.573 e. The molecule has 1 N–H and O–H groups in total. The third-order valence-electron chi connectivity index (χ3n) is 5.42. The number of methoxy groups -OCH3 is 1. The third-order valence-corrected chi connectivity index (χ3v) is 7.08. The first-order chi connectivity index (χ1) is 17.6. The molecule has 2 aromatic heterocycles. The number of halogens is 3. The number of carbonyl (C=O) groups excluding carboxylic acids is 1. The quantitative estimate of drug-likeness (QED) is 0.321. The number of anilines is 2. The van der Waals surface area contributed by atoms with E-state index in [1.54, 1.807) is 19.2 Å². The van der Waals surface area contributed by atoms with Crippen LogP contribution in [0.15, 0.2) is 72.0 Å². The summed E-state index contributed by atoms with van der Waals surface area (Å²) in [4.78, 5) is 17.1. The molecule has 0 fully saturated rings. The lowest BCUT2D eigenvalue weighted by atomic mass is 10.1. The van der Waals surface area contributed by atoms with Gasteiger partial charge < -0.3 is 14.8 Å². The van der Waals surface area contributed by atoms with Gasteiger partial charge in [0, 0.05) is 36.6 Å². The first kappa shape index (κ1) is 26.0. The SMILES string of the molecule is CNCc1cn(S(=O)(=O)c2cccnc2)c2cc(N(C=O)c3ccc(OC(F)(F)F)cc3OC)ccc12. The molecule has 194 valence electrons. The molecule has 0 saturated heterocycles. The zero-order valence-corrected chi connectivity index (χ0v) is 20.4. The maximum Gasteiger partial charge on any atom is 0.573 e. The van der Waals surface area contributed by atoms with Crippen LogP contribution in [0.4, 0.5) is 24.5 Å². The van der Waals surface area contributed by atoms with Crippen molar-refractivity contribution in [1.29, 1.82) is 0 Å². The molecule has 9 nitrogen and oxygen atoms in total. The molecule has 0 aliphatic heterocycles. The fraction of sp³-hybridized carbons (Fsp3) is 0.167. The fourth-order valence-electron chi connectivity index (χ4n) is 3.86. The average Bonchev–Trinajstić information content (AvgIpc) is 3.23. The average molecular weight is 535 g/mol. The number of nitrogens with zero attached hydrogens (tertiary/aromatic N) is 3. The van der Waals surface area contributed by atoms with Crippen LogP contribution in [0.25, 0.3) is 10.9 Å².